The van der Waals surface area contributed by atoms with Gasteiger partial charge in [0.15, 0.2) is 5.78 Å². The van der Waals surface area contributed by atoms with E-state index >= 15 is 0 Å². The van der Waals surface area contributed by atoms with E-state index < -0.39 is 0 Å². The van der Waals surface area contributed by atoms with Crippen LogP contribution in [0.5, 0.6) is 0 Å². The number of ketones is 1. The van der Waals surface area contributed by atoms with Crippen molar-refractivity contribution >= 4 is 17.4 Å². The van der Waals surface area contributed by atoms with Crippen LogP contribution in [0.2, 0.25) is 0 Å². The number of carbonyl (C=O) groups excluding carboxylic acids is 1. The van der Waals surface area contributed by atoms with Gasteiger partial charge in [0, 0.05) is 6.42 Å². The van der Waals surface area contributed by atoms with Gasteiger partial charge in [0.25, 0.3) is 0 Å². The second-order valence-corrected chi connectivity index (χ2v) is 3.54. The molecular weight excluding hydrogens is 172 g/mol. The van der Waals surface area contributed by atoms with Gasteiger partial charge in [-0.25, -0.2) is 0 Å². The van der Waals surface area contributed by atoms with Crippen LogP contribution in [0.3, 0.4) is 0 Å². The Morgan fingerprint density at radius 1 is 1.50 bits per heavy atom. The van der Waals surface area contributed by atoms with E-state index in [1.165, 1.54) is 5.57 Å². The maximum atomic E-state index is 11.0. The van der Waals surface area contributed by atoms with Crippen molar-refractivity contribution in [1.29, 1.82) is 0 Å². The first-order valence-electron chi connectivity index (χ1n) is 4.37. The zero-order valence-corrected chi connectivity index (χ0v) is 8.82. The van der Waals surface area contributed by atoms with E-state index in [0.29, 0.717) is 12.3 Å². The Labute approximate surface area is 79.8 Å². The van der Waals surface area contributed by atoms with Crippen LogP contribution in [0.4, 0.5) is 0 Å². The Balaban J connectivity index is 4.08. The molecule has 0 amide bonds. The Hall–Kier alpha value is -0.300. The molecule has 0 bridgehead atoms. The van der Waals surface area contributed by atoms with Gasteiger partial charge in [-0.1, -0.05) is 32.4 Å². The van der Waals surface area contributed by atoms with E-state index in [-0.39, 0.29) is 11.7 Å². The van der Waals surface area contributed by atoms with Crippen molar-refractivity contribution in [3.05, 3.63) is 11.6 Å². The number of halogens is 1. The fourth-order valence-corrected chi connectivity index (χ4v) is 1.17. The van der Waals surface area contributed by atoms with Gasteiger partial charge in [-0.2, -0.15) is 0 Å². The minimum absolute atomic E-state index is 0.116. The number of rotatable bonds is 5. The quantitative estimate of drug-likeness (QED) is 0.479. The van der Waals surface area contributed by atoms with Crippen LogP contribution >= 0.6 is 11.6 Å². The summed E-state index contributed by atoms with van der Waals surface area (Å²) in [5.41, 5.74) is 1.20. The predicted octanol–water partition coefficient (Wildman–Crippen LogP) is 3.18. The van der Waals surface area contributed by atoms with Crippen molar-refractivity contribution in [3.63, 3.8) is 0 Å². The maximum Gasteiger partial charge on any atom is 0.151 e. The van der Waals surface area contributed by atoms with Gasteiger partial charge in [0.2, 0.25) is 0 Å². The van der Waals surface area contributed by atoms with Gasteiger partial charge in [-0.05, 0) is 12.3 Å². The van der Waals surface area contributed by atoms with E-state index in [1.807, 2.05) is 0 Å². The van der Waals surface area contributed by atoms with Gasteiger partial charge in [0.05, 0.1) is 5.88 Å². The molecule has 0 aliphatic rings. The van der Waals surface area contributed by atoms with Crippen LogP contribution in [0.15, 0.2) is 11.6 Å². The molecule has 70 valence electrons. The first kappa shape index (κ1) is 11.7. The highest BCUT2D eigenvalue weighted by molar-refractivity contribution is 6.27. The third-order valence-corrected chi connectivity index (χ3v) is 1.89. The molecular formula is C10H17ClO. The SMILES string of the molecule is CC/C(=C\C(C)C)CC(=O)CCl. The molecule has 0 rings (SSSR count). The van der Waals surface area contributed by atoms with E-state index in [9.17, 15) is 4.79 Å². The molecule has 1 nitrogen and oxygen atoms in total. The van der Waals surface area contributed by atoms with Crippen LogP contribution < -0.4 is 0 Å². The molecule has 0 aromatic carbocycles. The number of allylic oxidation sites excluding steroid dienone is 2. The van der Waals surface area contributed by atoms with Crippen LogP contribution in [0.25, 0.3) is 0 Å². The third-order valence-electron chi connectivity index (χ3n) is 1.60. The van der Waals surface area contributed by atoms with Gasteiger partial charge >= 0.3 is 0 Å². The summed E-state index contributed by atoms with van der Waals surface area (Å²) in [4.78, 5) is 11.0. The molecule has 12 heavy (non-hydrogen) atoms. The molecule has 0 aliphatic heterocycles. The van der Waals surface area contributed by atoms with Crippen molar-refractivity contribution in [2.75, 3.05) is 5.88 Å². The third kappa shape index (κ3) is 5.36. The molecule has 2 heteroatoms. The molecule has 0 heterocycles. The van der Waals surface area contributed by atoms with Crippen molar-refractivity contribution in [3.8, 4) is 0 Å². The topological polar surface area (TPSA) is 17.1 Å². The fraction of sp³-hybridized carbons (Fsp3) is 0.700. The van der Waals surface area contributed by atoms with E-state index in [4.69, 9.17) is 11.6 Å². The number of Topliss-reactive ketones (excluding diaryl/α,β-unsaturated/α-hetero) is 1. The zero-order valence-electron chi connectivity index (χ0n) is 8.06. The molecule has 0 aromatic rings. The molecule has 0 unspecified atom stereocenters. The molecule has 0 radical (unpaired) electrons. The van der Waals surface area contributed by atoms with Crippen molar-refractivity contribution in [2.24, 2.45) is 5.92 Å². The summed E-state index contributed by atoms with van der Waals surface area (Å²) in [5, 5.41) is 0. The minimum atomic E-state index is 0.116. The van der Waals surface area contributed by atoms with Crippen molar-refractivity contribution in [1.82, 2.24) is 0 Å². The largest absolute Gasteiger partial charge is 0.298 e. The van der Waals surface area contributed by atoms with Crippen LogP contribution in [0, 0.1) is 5.92 Å². The second kappa shape index (κ2) is 6.24. The summed E-state index contributed by atoms with van der Waals surface area (Å²) < 4.78 is 0. The standard InChI is InChI=1S/C10H17ClO/c1-4-9(5-8(2)3)6-10(12)7-11/h5,8H,4,6-7H2,1-3H3/b9-5+. The average molecular weight is 189 g/mol. The monoisotopic (exact) mass is 188 g/mol. The summed E-state index contributed by atoms with van der Waals surface area (Å²) in [6.45, 7) is 6.29. The highest BCUT2D eigenvalue weighted by Gasteiger charge is 2.03. The lowest BCUT2D eigenvalue weighted by Crippen LogP contribution is -2.01. The lowest BCUT2D eigenvalue weighted by atomic mass is 10.0. The lowest BCUT2D eigenvalue weighted by molar-refractivity contribution is -0.116. The Morgan fingerprint density at radius 3 is 2.42 bits per heavy atom. The van der Waals surface area contributed by atoms with Gasteiger partial charge in [-0.3, -0.25) is 4.79 Å². The second-order valence-electron chi connectivity index (χ2n) is 3.27. The molecule has 0 spiro atoms. The van der Waals surface area contributed by atoms with Crippen LogP contribution in [0.1, 0.15) is 33.6 Å². The molecule has 0 aliphatic carbocycles. The smallest absolute Gasteiger partial charge is 0.151 e. The van der Waals surface area contributed by atoms with Crippen molar-refractivity contribution in [2.45, 2.75) is 33.6 Å². The summed E-state index contributed by atoms with van der Waals surface area (Å²) in [6, 6.07) is 0. The number of hydrogen-bond donors (Lipinski definition) is 0. The highest BCUT2D eigenvalue weighted by Crippen LogP contribution is 2.11. The minimum Gasteiger partial charge on any atom is -0.298 e. The normalized spacial score (nSPS) is 12.2. The lowest BCUT2D eigenvalue weighted by Gasteiger charge is -2.04. The van der Waals surface area contributed by atoms with Gasteiger partial charge < -0.3 is 0 Å². The van der Waals surface area contributed by atoms with Gasteiger partial charge in [-0.15, -0.1) is 11.6 Å². The van der Waals surface area contributed by atoms with Crippen LogP contribution in [-0.4, -0.2) is 11.7 Å². The molecule has 0 atom stereocenters. The summed E-state index contributed by atoms with van der Waals surface area (Å²) in [7, 11) is 0. The maximum absolute atomic E-state index is 11.0. The van der Waals surface area contributed by atoms with Crippen LogP contribution in [-0.2, 0) is 4.79 Å². The molecule has 0 aromatic heterocycles. The summed E-state index contributed by atoms with van der Waals surface area (Å²) in [6.07, 6.45) is 3.61. The molecule has 0 fully saturated rings. The zero-order chi connectivity index (χ0) is 9.56. The Morgan fingerprint density at radius 2 is 2.08 bits per heavy atom. The molecule has 0 saturated carbocycles. The first-order valence-corrected chi connectivity index (χ1v) is 4.90. The highest BCUT2D eigenvalue weighted by atomic mass is 35.5. The van der Waals surface area contributed by atoms with E-state index in [0.717, 1.165) is 6.42 Å². The molecule has 0 saturated heterocycles. The molecule has 0 N–H and O–H groups in total. The summed E-state index contributed by atoms with van der Waals surface area (Å²) in [5.74, 6) is 0.767. The number of alkyl halides is 1. The Kier molecular flexibility index (Phi) is 6.09. The first-order chi connectivity index (χ1) is 5.60. The van der Waals surface area contributed by atoms with Gasteiger partial charge in [0.1, 0.15) is 0 Å². The fourth-order valence-electron chi connectivity index (χ4n) is 1.07. The number of hydrogen-bond acceptors (Lipinski definition) is 1. The average Bonchev–Trinajstić information content (AvgIpc) is 2.02. The van der Waals surface area contributed by atoms with E-state index in [2.05, 4.69) is 26.8 Å². The predicted molar refractivity (Wildman–Crippen MR) is 53.6 cm³/mol. The number of carbonyl (C=O) groups is 1. The van der Waals surface area contributed by atoms with E-state index in [1.54, 1.807) is 0 Å². The Bertz CT molecular complexity index is 171. The van der Waals surface area contributed by atoms with Crippen molar-refractivity contribution < 1.29 is 4.79 Å². The summed E-state index contributed by atoms with van der Waals surface area (Å²) >= 11 is 5.41.